The van der Waals surface area contributed by atoms with E-state index in [1.165, 1.54) is 12.1 Å². The number of hydrogen-bond acceptors (Lipinski definition) is 0. The Morgan fingerprint density at radius 3 is 2.00 bits per heavy atom. The van der Waals surface area contributed by atoms with Crippen LogP contribution in [0.1, 0.15) is 0 Å². The van der Waals surface area contributed by atoms with Gasteiger partial charge in [0.2, 0.25) is 0 Å². The molecule has 0 saturated carbocycles. The predicted molar refractivity (Wildman–Crippen MR) is 51.4 cm³/mol. The van der Waals surface area contributed by atoms with Crippen LogP contribution in [0.25, 0.3) is 0 Å². The van der Waals surface area contributed by atoms with Gasteiger partial charge in [-0.15, -0.1) is 15.3 Å². The third kappa shape index (κ3) is 2.55. The van der Waals surface area contributed by atoms with Crippen LogP contribution in [0.3, 0.4) is 0 Å². The summed E-state index contributed by atoms with van der Waals surface area (Å²) in [5, 5.41) is 0. The molecule has 9 heavy (non-hydrogen) atoms. The molecular formula is C6H14BrSi2. The lowest BCUT2D eigenvalue weighted by molar-refractivity contribution is 1.16. The Morgan fingerprint density at radius 1 is 1.22 bits per heavy atom. The Hall–Kier alpha value is 0.914. The maximum Gasteiger partial charge on any atom is 0.134 e. The van der Waals surface area contributed by atoms with Crippen molar-refractivity contribution >= 4 is 30.8 Å². The highest BCUT2D eigenvalue weighted by Crippen LogP contribution is 2.31. The van der Waals surface area contributed by atoms with Crippen molar-refractivity contribution in [2.24, 2.45) is 0 Å². The monoisotopic (exact) mass is 221 g/mol. The molecule has 0 aromatic rings. The van der Waals surface area contributed by atoms with Gasteiger partial charge in [0, 0.05) is 8.07 Å². The first kappa shape index (κ1) is 8.01. The van der Waals surface area contributed by atoms with E-state index < -0.39 is 8.07 Å². The smallest absolute Gasteiger partial charge is 0.129 e. The van der Waals surface area contributed by atoms with Crippen LogP contribution in [0.2, 0.25) is 37.3 Å². The molecule has 1 aliphatic rings. The van der Waals surface area contributed by atoms with Gasteiger partial charge in [-0.25, -0.2) is 0 Å². The van der Waals surface area contributed by atoms with E-state index in [1.807, 2.05) is 0 Å². The molecule has 0 nitrogen and oxygen atoms in total. The molecule has 1 fully saturated rings. The summed E-state index contributed by atoms with van der Waals surface area (Å²) in [6.07, 6.45) is 0. The summed E-state index contributed by atoms with van der Waals surface area (Å²) in [7, 11) is -0.653. The van der Waals surface area contributed by atoms with E-state index >= 15 is 0 Å². The molecule has 0 aromatic carbocycles. The van der Waals surface area contributed by atoms with Crippen LogP contribution in [-0.2, 0) is 0 Å². The van der Waals surface area contributed by atoms with Crippen LogP contribution in [0.4, 0.5) is 0 Å². The van der Waals surface area contributed by atoms with Crippen molar-refractivity contribution < 1.29 is 0 Å². The van der Waals surface area contributed by atoms with Crippen molar-refractivity contribution in [2.45, 2.75) is 37.3 Å². The average Bonchev–Trinajstić information content (AvgIpc) is 1.78. The maximum atomic E-state index is 3.76. The third-order valence-electron chi connectivity index (χ3n) is 2.15. The summed E-state index contributed by atoms with van der Waals surface area (Å²) in [6, 6.07) is 6.22. The normalized spacial score (nSPS) is 28.3. The molecule has 1 heterocycles. The van der Waals surface area contributed by atoms with Crippen molar-refractivity contribution in [1.29, 1.82) is 0 Å². The second-order valence-corrected chi connectivity index (χ2v) is 14.4. The topological polar surface area (TPSA) is 0 Å². The van der Waals surface area contributed by atoms with Gasteiger partial charge in [0.25, 0.3) is 0 Å². The number of rotatable bonds is 0. The molecule has 1 saturated heterocycles. The van der Waals surface area contributed by atoms with Crippen LogP contribution in [0, 0.1) is 0 Å². The summed E-state index contributed by atoms with van der Waals surface area (Å²) < 4.78 is 0. The van der Waals surface area contributed by atoms with Gasteiger partial charge < -0.3 is 0 Å². The minimum absolute atomic E-state index is 0.0162. The third-order valence-corrected chi connectivity index (χ3v) is 10.3. The molecule has 1 radical (unpaired) electrons. The molecule has 1 aliphatic heterocycles. The van der Waals surface area contributed by atoms with E-state index in [0.29, 0.717) is 0 Å². The lowest BCUT2D eigenvalue weighted by Crippen LogP contribution is -2.31. The summed E-state index contributed by atoms with van der Waals surface area (Å²) in [6.45, 7) is 5.04. The first-order valence-corrected chi connectivity index (χ1v) is 11.2. The van der Waals surface area contributed by atoms with E-state index in [2.05, 4.69) is 28.4 Å². The lowest BCUT2D eigenvalue weighted by atomic mass is 10.9. The van der Waals surface area contributed by atoms with Crippen LogP contribution in [0.15, 0.2) is 0 Å². The summed E-state index contributed by atoms with van der Waals surface area (Å²) in [4.78, 5) is 0. The summed E-state index contributed by atoms with van der Waals surface area (Å²) in [5.41, 5.74) is 0. The fourth-order valence-corrected chi connectivity index (χ4v) is 12.9. The number of halogens is 1. The van der Waals surface area contributed by atoms with Crippen LogP contribution in [0.5, 0.6) is 0 Å². The quantitative estimate of drug-likeness (QED) is 0.436. The van der Waals surface area contributed by atoms with Gasteiger partial charge in [0.05, 0.1) is 0 Å². The molecule has 0 N–H and O–H groups in total. The Morgan fingerprint density at radius 2 is 1.67 bits per heavy atom. The summed E-state index contributed by atoms with van der Waals surface area (Å²) in [5.74, 6) is 0. The molecule has 0 amide bonds. The Balaban J connectivity index is 2.35. The Bertz CT molecular complexity index is 93.2. The van der Waals surface area contributed by atoms with Gasteiger partial charge in [-0.1, -0.05) is 37.3 Å². The van der Waals surface area contributed by atoms with E-state index in [9.17, 15) is 0 Å². The molecule has 0 aliphatic carbocycles. The van der Waals surface area contributed by atoms with Crippen molar-refractivity contribution in [3.63, 3.8) is 0 Å². The number of hydrogen-bond donors (Lipinski definition) is 0. The maximum absolute atomic E-state index is 3.76. The largest absolute Gasteiger partial charge is 0.134 e. The first-order chi connectivity index (χ1) is 4.10. The molecule has 0 bridgehead atoms. The SMILES string of the molecule is C[Si]1(C)CC[Si](Br)CC1. The summed E-state index contributed by atoms with van der Waals surface area (Å²) >= 11 is 3.76. The zero-order valence-corrected chi connectivity index (χ0v) is 9.79. The zero-order valence-electron chi connectivity index (χ0n) is 6.21. The molecule has 53 valence electrons. The van der Waals surface area contributed by atoms with E-state index in [0.717, 1.165) is 0 Å². The lowest BCUT2D eigenvalue weighted by Gasteiger charge is -2.28. The Labute approximate surface area is 68.2 Å². The fourth-order valence-electron chi connectivity index (χ4n) is 1.20. The van der Waals surface area contributed by atoms with Crippen molar-refractivity contribution in [2.75, 3.05) is 0 Å². The van der Waals surface area contributed by atoms with Crippen molar-refractivity contribution in [1.82, 2.24) is 0 Å². The van der Waals surface area contributed by atoms with Gasteiger partial charge in [-0.2, -0.15) is 0 Å². The van der Waals surface area contributed by atoms with Gasteiger partial charge in [-0.05, 0) is 0 Å². The molecule has 0 aromatic heterocycles. The second-order valence-electron chi connectivity index (χ2n) is 3.68. The highest BCUT2D eigenvalue weighted by molar-refractivity contribution is 9.24. The van der Waals surface area contributed by atoms with Gasteiger partial charge in [0.15, 0.2) is 0 Å². The van der Waals surface area contributed by atoms with Gasteiger partial charge in [0.1, 0.15) is 7.42 Å². The van der Waals surface area contributed by atoms with Crippen LogP contribution in [-0.4, -0.2) is 15.5 Å². The highest BCUT2D eigenvalue weighted by atomic mass is 79.9. The highest BCUT2D eigenvalue weighted by Gasteiger charge is 2.27. The first-order valence-electron chi connectivity index (χ1n) is 3.60. The standard InChI is InChI=1S/C6H14BrSi2/c1-9(2)5-3-8(7)4-6-9/h3-6H2,1-2H3. The minimum Gasteiger partial charge on any atom is -0.129 e. The van der Waals surface area contributed by atoms with Crippen molar-refractivity contribution in [3.8, 4) is 0 Å². The zero-order chi connectivity index (χ0) is 6.91. The Kier molecular flexibility index (Phi) is 2.57. The van der Waals surface area contributed by atoms with Crippen LogP contribution >= 0.6 is 15.3 Å². The molecule has 1 rings (SSSR count). The van der Waals surface area contributed by atoms with Gasteiger partial charge >= 0.3 is 0 Å². The predicted octanol–water partition coefficient (Wildman–Crippen LogP) is 3.09. The van der Waals surface area contributed by atoms with Crippen molar-refractivity contribution in [3.05, 3.63) is 0 Å². The molecule has 0 atom stereocenters. The molecule has 3 heteroatoms. The molecule has 0 spiro atoms. The van der Waals surface area contributed by atoms with Crippen LogP contribution < -0.4 is 0 Å². The second kappa shape index (κ2) is 2.88. The molecule has 0 unspecified atom stereocenters. The average molecular weight is 222 g/mol. The molecular weight excluding hydrogens is 208 g/mol. The minimum atomic E-state index is -0.637. The van der Waals surface area contributed by atoms with E-state index in [4.69, 9.17) is 0 Å². The van der Waals surface area contributed by atoms with E-state index in [-0.39, 0.29) is 7.42 Å². The van der Waals surface area contributed by atoms with Gasteiger partial charge in [-0.3, -0.25) is 0 Å². The van der Waals surface area contributed by atoms with E-state index in [1.54, 1.807) is 12.1 Å². The fraction of sp³-hybridized carbons (Fsp3) is 1.00.